The number of hydrogen-bond acceptors (Lipinski definition) is 0. The van der Waals surface area contributed by atoms with Crippen molar-refractivity contribution >= 4 is 17.0 Å². The largest absolute Gasteiger partial charge is 0.310 e. The van der Waals surface area contributed by atoms with E-state index < -0.39 is 0 Å². The van der Waals surface area contributed by atoms with E-state index >= 15 is 0 Å². The van der Waals surface area contributed by atoms with Crippen LogP contribution in [-0.4, -0.2) is 4.57 Å². The van der Waals surface area contributed by atoms with Crippen molar-refractivity contribution in [2.24, 2.45) is 5.92 Å². The van der Waals surface area contributed by atoms with Crippen LogP contribution in [0.4, 0.5) is 0 Å². The number of hydrogen-bond donors (Lipinski definition) is 0. The Morgan fingerprint density at radius 1 is 0.667 bits per heavy atom. The van der Waals surface area contributed by atoms with E-state index in [4.69, 9.17) is 0 Å². The average molecular weight is 510 g/mol. The second-order valence-corrected chi connectivity index (χ2v) is 12.5. The topological polar surface area (TPSA) is 4.93 Å². The van der Waals surface area contributed by atoms with Crippen LogP contribution in [0.1, 0.15) is 73.7 Å². The average Bonchev–Trinajstić information content (AvgIpc) is 3.26. The fraction of sp³-hybridized carbons (Fsp3) is 0.263. The maximum absolute atomic E-state index is 2.52. The zero-order valence-corrected chi connectivity index (χ0v) is 24.1. The molecule has 5 aromatic rings. The number of benzene rings is 4. The molecule has 4 aromatic carbocycles. The van der Waals surface area contributed by atoms with E-state index in [2.05, 4.69) is 155 Å². The normalized spacial score (nSPS) is 15.5. The first-order valence-electron chi connectivity index (χ1n) is 14.3. The SMILES string of the molecule is Cc1ccc2c(c1)c1c(n2-c2cc(C(C)(C)c3ccccc3)cc(C(C)(C)c3ccccc3)c2)C=CC(C)C1. The van der Waals surface area contributed by atoms with Crippen LogP contribution in [0.2, 0.25) is 0 Å². The van der Waals surface area contributed by atoms with Gasteiger partial charge in [-0.25, -0.2) is 0 Å². The highest BCUT2D eigenvalue weighted by atomic mass is 15.0. The predicted molar refractivity (Wildman–Crippen MR) is 167 cm³/mol. The quantitative estimate of drug-likeness (QED) is 0.222. The predicted octanol–water partition coefficient (Wildman–Crippen LogP) is 9.80. The van der Waals surface area contributed by atoms with Gasteiger partial charge in [0, 0.05) is 27.6 Å². The Morgan fingerprint density at radius 2 is 1.23 bits per heavy atom. The van der Waals surface area contributed by atoms with E-state index in [9.17, 15) is 0 Å². The summed E-state index contributed by atoms with van der Waals surface area (Å²) < 4.78 is 2.52. The third kappa shape index (κ3) is 4.35. The number of rotatable bonds is 5. The summed E-state index contributed by atoms with van der Waals surface area (Å²) in [6.45, 7) is 13.9. The van der Waals surface area contributed by atoms with Crippen molar-refractivity contribution in [3.63, 3.8) is 0 Å². The van der Waals surface area contributed by atoms with Crippen molar-refractivity contribution < 1.29 is 0 Å². The standard InChI is InChI=1S/C38H39N/c1-26-17-19-35-33(21-26)34-22-27(2)18-20-36(34)39(35)32-24-30(37(3,4)28-13-9-7-10-14-28)23-31(25-32)38(5,6)29-15-11-8-12-16-29/h7-21,23-25,27H,22H2,1-6H3. The zero-order valence-electron chi connectivity index (χ0n) is 24.1. The van der Waals surface area contributed by atoms with Crippen LogP contribution < -0.4 is 0 Å². The van der Waals surface area contributed by atoms with Crippen LogP contribution in [0.3, 0.4) is 0 Å². The Labute approximate surface area is 233 Å². The lowest BCUT2D eigenvalue weighted by molar-refractivity contribution is 0.616. The molecule has 6 rings (SSSR count). The first-order valence-corrected chi connectivity index (χ1v) is 14.3. The number of nitrogens with zero attached hydrogens (tertiary/aromatic N) is 1. The van der Waals surface area contributed by atoms with Gasteiger partial charge in [0.05, 0.1) is 5.52 Å². The van der Waals surface area contributed by atoms with Crippen LogP contribution in [0.25, 0.3) is 22.7 Å². The van der Waals surface area contributed by atoms with Crippen molar-refractivity contribution in [3.05, 3.63) is 142 Å². The molecule has 0 fully saturated rings. The molecule has 0 saturated carbocycles. The molecule has 1 unspecified atom stereocenters. The van der Waals surface area contributed by atoms with Gasteiger partial charge in [0.15, 0.2) is 0 Å². The number of aryl methyl sites for hydroxylation is 1. The zero-order chi connectivity index (χ0) is 27.4. The molecule has 1 aromatic heterocycles. The minimum Gasteiger partial charge on any atom is -0.310 e. The summed E-state index contributed by atoms with van der Waals surface area (Å²) in [7, 11) is 0. The Balaban J connectivity index is 1.65. The van der Waals surface area contributed by atoms with E-state index in [0.717, 1.165) is 6.42 Å². The molecule has 1 aliphatic carbocycles. The number of fused-ring (bicyclic) bond motifs is 3. The van der Waals surface area contributed by atoms with E-state index in [0.29, 0.717) is 5.92 Å². The van der Waals surface area contributed by atoms with Crippen molar-refractivity contribution in [2.45, 2.75) is 58.8 Å². The third-order valence-electron chi connectivity index (χ3n) is 8.99. The van der Waals surface area contributed by atoms with Gasteiger partial charge in [-0.15, -0.1) is 0 Å². The number of aromatic nitrogens is 1. The summed E-state index contributed by atoms with van der Waals surface area (Å²) in [6.07, 6.45) is 5.81. The lowest BCUT2D eigenvalue weighted by atomic mass is 9.73. The van der Waals surface area contributed by atoms with Gasteiger partial charge in [0.2, 0.25) is 0 Å². The second-order valence-electron chi connectivity index (χ2n) is 12.5. The maximum Gasteiger partial charge on any atom is 0.0537 e. The molecule has 1 heteroatoms. The summed E-state index contributed by atoms with van der Waals surface area (Å²) in [4.78, 5) is 0. The summed E-state index contributed by atoms with van der Waals surface area (Å²) in [5, 5.41) is 1.39. The third-order valence-corrected chi connectivity index (χ3v) is 8.99. The van der Waals surface area contributed by atoms with Gasteiger partial charge in [-0.2, -0.15) is 0 Å². The van der Waals surface area contributed by atoms with Gasteiger partial charge in [0.25, 0.3) is 0 Å². The Hall–Kier alpha value is -3.84. The molecule has 0 N–H and O–H groups in total. The Bertz CT molecular complexity index is 1610. The van der Waals surface area contributed by atoms with Gasteiger partial charge in [-0.05, 0) is 77.4 Å². The lowest BCUT2D eigenvalue weighted by Gasteiger charge is -2.32. The Morgan fingerprint density at radius 3 is 1.79 bits per heavy atom. The van der Waals surface area contributed by atoms with E-state index in [-0.39, 0.29) is 10.8 Å². The summed E-state index contributed by atoms with van der Waals surface area (Å²) >= 11 is 0. The van der Waals surface area contributed by atoms with Gasteiger partial charge < -0.3 is 4.57 Å². The summed E-state index contributed by atoms with van der Waals surface area (Å²) in [6, 6.07) is 36.1. The summed E-state index contributed by atoms with van der Waals surface area (Å²) in [5.74, 6) is 0.549. The van der Waals surface area contributed by atoms with Crippen molar-refractivity contribution in [3.8, 4) is 5.69 Å². The van der Waals surface area contributed by atoms with E-state index in [1.165, 1.54) is 55.7 Å². The first kappa shape index (κ1) is 25.4. The molecule has 0 aliphatic heterocycles. The molecular formula is C38H39N. The lowest BCUT2D eigenvalue weighted by Crippen LogP contribution is -2.24. The highest BCUT2D eigenvalue weighted by Gasteiger charge is 2.30. The fourth-order valence-corrected chi connectivity index (χ4v) is 6.31. The van der Waals surface area contributed by atoms with Gasteiger partial charge in [0.1, 0.15) is 0 Å². The summed E-state index contributed by atoms with van der Waals surface area (Å²) in [5.41, 5.74) is 11.7. The van der Waals surface area contributed by atoms with Gasteiger partial charge in [-0.1, -0.05) is 119 Å². The molecule has 0 saturated heterocycles. The first-order chi connectivity index (χ1) is 18.7. The van der Waals surface area contributed by atoms with Crippen LogP contribution >= 0.6 is 0 Å². The highest BCUT2D eigenvalue weighted by Crippen LogP contribution is 2.41. The van der Waals surface area contributed by atoms with Crippen molar-refractivity contribution in [1.29, 1.82) is 0 Å². The molecule has 1 nitrogen and oxygen atoms in total. The van der Waals surface area contributed by atoms with Crippen molar-refractivity contribution in [1.82, 2.24) is 4.57 Å². The minimum absolute atomic E-state index is 0.150. The highest BCUT2D eigenvalue weighted by molar-refractivity contribution is 5.91. The smallest absolute Gasteiger partial charge is 0.0537 e. The van der Waals surface area contributed by atoms with Crippen LogP contribution in [0, 0.1) is 12.8 Å². The van der Waals surface area contributed by atoms with Gasteiger partial charge >= 0.3 is 0 Å². The number of allylic oxidation sites excluding steroid dienone is 1. The molecule has 1 aliphatic rings. The monoisotopic (exact) mass is 509 g/mol. The van der Waals surface area contributed by atoms with Gasteiger partial charge in [-0.3, -0.25) is 0 Å². The van der Waals surface area contributed by atoms with Crippen molar-refractivity contribution in [2.75, 3.05) is 0 Å². The molecule has 1 heterocycles. The molecule has 196 valence electrons. The molecule has 0 radical (unpaired) electrons. The van der Waals surface area contributed by atoms with Crippen LogP contribution in [-0.2, 0) is 17.3 Å². The molecule has 0 spiro atoms. The maximum atomic E-state index is 2.52. The van der Waals surface area contributed by atoms with Crippen LogP contribution in [0.5, 0.6) is 0 Å². The molecule has 0 bridgehead atoms. The molecule has 39 heavy (non-hydrogen) atoms. The van der Waals surface area contributed by atoms with E-state index in [1.54, 1.807) is 0 Å². The molecular weight excluding hydrogens is 470 g/mol. The van der Waals surface area contributed by atoms with Crippen LogP contribution in [0.15, 0.2) is 103 Å². The molecule has 0 amide bonds. The minimum atomic E-state index is -0.150. The van der Waals surface area contributed by atoms with E-state index in [1.807, 2.05) is 0 Å². The Kier molecular flexibility index (Phi) is 6.14. The second kappa shape index (κ2) is 9.42. The fourth-order valence-electron chi connectivity index (χ4n) is 6.31. The molecule has 1 atom stereocenters.